The summed E-state index contributed by atoms with van der Waals surface area (Å²) in [6.45, 7) is 3.97. The Morgan fingerprint density at radius 3 is 2.69 bits per heavy atom. The van der Waals surface area contributed by atoms with Crippen molar-refractivity contribution in [1.29, 1.82) is 0 Å². The topological polar surface area (TPSA) is 43.6 Å². The molecule has 0 unspecified atom stereocenters. The average molecular weight is 174 g/mol. The lowest BCUT2D eigenvalue weighted by atomic mass is 10.4. The van der Waals surface area contributed by atoms with Gasteiger partial charge in [-0.3, -0.25) is 0 Å². The lowest BCUT2D eigenvalue weighted by Crippen LogP contribution is -2.01. The van der Waals surface area contributed by atoms with Crippen LogP contribution in [0.5, 0.6) is 0 Å². The highest BCUT2D eigenvalue weighted by Gasteiger charge is 2.02. The predicted octanol–water partition coefficient (Wildman–Crippen LogP) is 1.28. The summed E-state index contributed by atoms with van der Waals surface area (Å²) in [7, 11) is 0. The summed E-state index contributed by atoms with van der Waals surface area (Å²) in [5, 5.41) is 4.31. The number of hydrogen-bond acceptors (Lipinski definition) is 3. The number of hydrogen-bond donors (Lipinski definition) is 0. The maximum absolute atomic E-state index is 4.31. The molecule has 0 amide bonds. The van der Waals surface area contributed by atoms with Gasteiger partial charge in [0.1, 0.15) is 6.33 Å². The molecule has 0 aliphatic rings. The standard InChI is InChI=1S/C9H10N4/c1-7-5-8(2)13(12-7)9-3-4-10-6-11-9/h3-6H,1-2H3. The number of aromatic nitrogens is 4. The minimum absolute atomic E-state index is 0.806. The number of nitrogens with zero attached hydrogens (tertiary/aromatic N) is 4. The molecule has 0 aromatic carbocycles. The van der Waals surface area contributed by atoms with E-state index >= 15 is 0 Å². The number of aryl methyl sites for hydroxylation is 2. The lowest BCUT2D eigenvalue weighted by Gasteiger charge is -2.00. The van der Waals surface area contributed by atoms with Crippen LogP contribution in [0.15, 0.2) is 24.7 Å². The van der Waals surface area contributed by atoms with Crippen molar-refractivity contribution in [3.8, 4) is 5.82 Å². The molecule has 0 aliphatic heterocycles. The summed E-state index contributed by atoms with van der Waals surface area (Å²) < 4.78 is 1.80. The largest absolute Gasteiger partial charge is 0.245 e. The van der Waals surface area contributed by atoms with Crippen molar-refractivity contribution in [2.75, 3.05) is 0 Å². The van der Waals surface area contributed by atoms with E-state index in [2.05, 4.69) is 15.1 Å². The summed E-state index contributed by atoms with van der Waals surface area (Å²) in [4.78, 5) is 7.97. The molecule has 0 radical (unpaired) electrons. The first-order chi connectivity index (χ1) is 6.27. The van der Waals surface area contributed by atoms with Crippen molar-refractivity contribution in [2.24, 2.45) is 0 Å². The zero-order chi connectivity index (χ0) is 9.26. The highest BCUT2D eigenvalue weighted by molar-refractivity contribution is 5.23. The summed E-state index contributed by atoms with van der Waals surface area (Å²) in [6.07, 6.45) is 3.23. The third kappa shape index (κ3) is 1.42. The van der Waals surface area contributed by atoms with Crippen LogP contribution in [0.1, 0.15) is 11.4 Å². The molecule has 0 fully saturated rings. The smallest absolute Gasteiger partial charge is 0.156 e. The first-order valence-electron chi connectivity index (χ1n) is 4.07. The van der Waals surface area contributed by atoms with Crippen molar-refractivity contribution < 1.29 is 0 Å². The van der Waals surface area contributed by atoms with Gasteiger partial charge in [-0.15, -0.1) is 0 Å². The third-order valence-corrected chi connectivity index (χ3v) is 1.79. The van der Waals surface area contributed by atoms with Gasteiger partial charge in [0.25, 0.3) is 0 Å². The van der Waals surface area contributed by atoms with Crippen molar-refractivity contribution in [1.82, 2.24) is 19.7 Å². The van der Waals surface area contributed by atoms with E-state index in [0.29, 0.717) is 0 Å². The molecule has 66 valence electrons. The van der Waals surface area contributed by atoms with Crippen LogP contribution in [-0.4, -0.2) is 19.7 Å². The normalized spacial score (nSPS) is 10.3. The van der Waals surface area contributed by atoms with Crippen LogP contribution >= 0.6 is 0 Å². The summed E-state index contributed by atoms with van der Waals surface area (Å²) in [5.41, 5.74) is 2.08. The van der Waals surface area contributed by atoms with E-state index in [9.17, 15) is 0 Å². The lowest BCUT2D eigenvalue weighted by molar-refractivity contribution is 0.800. The van der Waals surface area contributed by atoms with E-state index in [0.717, 1.165) is 17.2 Å². The van der Waals surface area contributed by atoms with Crippen LogP contribution in [0.3, 0.4) is 0 Å². The van der Waals surface area contributed by atoms with Crippen LogP contribution in [-0.2, 0) is 0 Å². The van der Waals surface area contributed by atoms with Gasteiger partial charge in [0.15, 0.2) is 5.82 Å². The van der Waals surface area contributed by atoms with Crippen LogP contribution in [0, 0.1) is 13.8 Å². The van der Waals surface area contributed by atoms with Crippen molar-refractivity contribution >= 4 is 0 Å². The Bertz CT molecular complexity index is 405. The van der Waals surface area contributed by atoms with Gasteiger partial charge in [-0.2, -0.15) is 5.10 Å². The van der Waals surface area contributed by atoms with Crippen molar-refractivity contribution in [2.45, 2.75) is 13.8 Å². The summed E-state index contributed by atoms with van der Waals surface area (Å²) in [5.74, 6) is 0.806. The molecule has 2 rings (SSSR count). The van der Waals surface area contributed by atoms with Crippen LogP contribution in [0.4, 0.5) is 0 Å². The van der Waals surface area contributed by atoms with Gasteiger partial charge in [-0.1, -0.05) is 0 Å². The molecule has 0 spiro atoms. The molecule has 2 aromatic heterocycles. The molecule has 0 N–H and O–H groups in total. The molecule has 0 aliphatic carbocycles. The molecule has 0 atom stereocenters. The van der Waals surface area contributed by atoms with Gasteiger partial charge in [0.2, 0.25) is 0 Å². The fourth-order valence-electron chi connectivity index (χ4n) is 1.27. The van der Waals surface area contributed by atoms with Gasteiger partial charge in [-0.25, -0.2) is 14.6 Å². The van der Waals surface area contributed by atoms with Crippen LogP contribution in [0.25, 0.3) is 5.82 Å². The molecule has 4 nitrogen and oxygen atoms in total. The molecule has 4 heteroatoms. The van der Waals surface area contributed by atoms with E-state index in [1.54, 1.807) is 10.9 Å². The fourth-order valence-corrected chi connectivity index (χ4v) is 1.27. The van der Waals surface area contributed by atoms with Crippen molar-refractivity contribution in [3.63, 3.8) is 0 Å². The van der Waals surface area contributed by atoms with Gasteiger partial charge < -0.3 is 0 Å². The Morgan fingerprint density at radius 1 is 1.31 bits per heavy atom. The highest BCUT2D eigenvalue weighted by Crippen LogP contribution is 2.07. The summed E-state index contributed by atoms with van der Waals surface area (Å²) >= 11 is 0. The maximum atomic E-state index is 4.31. The SMILES string of the molecule is Cc1cc(C)n(-c2ccncn2)n1. The molecular formula is C9H10N4. The minimum Gasteiger partial charge on any atom is -0.245 e. The van der Waals surface area contributed by atoms with Gasteiger partial charge in [0, 0.05) is 18.0 Å². The zero-order valence-corrected chi connectivity index (χ0v) is 7.60. The third-order valence-electron chi connectivity index (χ3n) is 1.79. The second-order valence-corrected chi connectivity index (χ2v) is 2.91. The van der Waals surface area contributed by atoms with Crippen molar-refractivity contribution in [3.05, 3.63) is 36.0 Å². The molecule has 2 heterocycles. The first-order valence-corrected chi connectivity index (χ1v) is 4.07. The first kappa shape index (κ1) is 7.91. The molecule has 0 saturated carbocycles. The quantitative estimate of drug-likeness (QED) is 0.654. The zero-order valence-electron chi connectivity index (χ0n) is 7.60. The van der Waals surface area contributed by atoms with Gasteiger partial charge in [0.05, 0.1) is 5.69 Å². The van der Waals surface area contributed by atoms with Gasteiger partial charge >= 0.3 is 0 Å². The Labute approximate surface area is 76.3 Å². The minimum atomic E-state index is 0.806. The molecule has 0 bridgehead atoms. The average Bonchev–Trinajstić information content (AvgIpc) is 2.47. The maximum Gasteiger partial charge on any atom is 0.156 e. The Balaban J connectivity index is 2.53. The van der Waals surface area contributed by atoms with E-state index < -0.39 is 0 Å². The Kier molecular flexibility index (Phi) is 1.81. The number of rotatable bonds is 1. The Hall–Kier alpha value is -1.71. The second-order valence-electron chi connectivity index (χ2n) is 2.91. The van der Waals surface area contributed by atoms with Gasteiger partial charge in [-0.05, 0) is 19.9 Å². The van der Waals surface area contributed by atoms with E-state index in [1.807, 2.05) is 26.0 Å². The fraction of sp³-hybridized carbons (Fsp3) is 0.222. The van der Waals surface area contributed by atoms with Crippen LogP contribution < -0.4 is 0 Å². The monoisotopic (exact) mass is 174 g/mol. The Morgan fingerprint density at radius 2 is 2.15 bits per heavy atom. The summed E-state index contributed by atoms with van der Waals surface area (Å²) in [6, 6.07) is 3.85. The van der Waals surface area contributed by atoms with E-state index in [-0.39, 0.29) is 0 Å². The van der Waals surface area contributed by atoms with E-state index in [1.165, 1.54) is 6.33 Å². The van der Waals surface area contributed by atoms with Crippen LogP contribution in [0.2, 0.25) is 0 Å². The molecule has 2 aromatic rings. The second kappa shape index (κ2) is 2.97. The molecule has 0 saturated heterocycles. The van der Waals surface area contributed by atoms with E-state index in [4.69, 9.17) is 0 Å². The highest BCUT2D eigenvalue weighted by atomic mass is 15.3. The molecular weight excluding hydrogens is 164 g/mol. The molecule has 13 heavy (non-hydrogen) atoms. The predicted molar refractivity (Wildman–Crippen MR) is 48.6 cm³/mol.